The minimum atomic E-state index is -0.855. The zero-order valence-electron chi connectivity index (χ0n) is 14.5. The van der Waals surface area contributed by atoms with Gasteiger partial charge < -0.3 is 9.47 Å². The number of hydrogen-bond donors (Lipinski definition) is 2. The van der Waals surface area contributed by atoms with Gasteiger partial charge in [0.2, 0.25) is 6.10 Å². The molecule has 1 aliphatic rings. The van der Waals surface area contributed by atoms with Gasteiger partial charge in [0.15, 0.2) is 11.5 Å². The number of nitrogens with one attached hydrogen (secondary N) is 2. The molecule has 4 rings (SSSR count). The van der Waals surface area contributed by atoms with Crippen LogP contribution in [0.15, 0.2) is 42.5 Å². The monoisotopic (exact) mass is 367 g/mol. The number of aryl methyl sites for hydroxylation is 1. The molecule has 3 aromatic rings. The molecule has 1 aliphatic heterocycles. The van der Waals surface area contributed by atoms with Crippen molar-refractivity contribution in [2.75, 3.05) is 6.61 Å². The smallest absolute Gasteiger partial charge is 0.283 e. The molecule has 0 saturated carbocycles. The van der Waals surface area contributed by atoms with E-state index in [0.717, 1.165) is 5.52 Å². The van der Waals surface area contributed by atoms with Gasteiger partial charge in [-0.05, 0) is 37.3 Å². The quantitative estimate of drug-likeness (QED) is 0.670. The first-order valence-electron chi connectivity index (χ1n) is 8.47. The van der Waals surface area contributed by atoms with E-state index >= 15 is 0 Å². The van der Waals surface area contributed by atoms with E-state index in [4.69, 9.17) is 9.47 Å². The lowest BCUT2D eigenvalue weighted by Crippen LogP contribution is -2.50. The highest BCUT2D eigenvalue weighted by Gasteiger charge is 2.27. The van der Waals surface area contributed by atoms with Crippen LogP contribution in [0.1, 0.15) is 17.3 Å². The lowest BCUT2D eigenvalue weighted by molar-refractivity contribution is -0.131. The van der Waals surface area contributed by atoms with E-state index in [0.29, 0.717) is 29.1 Å². The van der Waals surface area contributed by atoms with Crippen LogP contribution in [0.5, 0.6) is 11.5 Å². The number of carbonyl (C=O) groups excluding carboxylic acids is 2. The molecule has 0 saturated heterocycles. The average Bonchev–Trinajstić information content (AvgIpc) is 3.13. The normalized spacial score (nSPS) is 15.4. The highest BCUT2D eigenvalue weighted by molar-refractivity contribution is 5.98. The molecule has 2 amide bonds. The van der Waals surface area contributed by atoms with Gasteiger partial charge in [-0.1, -0.05) is 17.3 Å². The lowest BCUT2D eigenvalue weighted by Gasteiger charge is -2.25. The summed E-state index contributed by atoms with van der Waals surface area (Å²) in [5.41, 5.74) is 6.54. The third-order valence-electron chi connectivity index (χ3n) is 4.18. The minimum absolute atomic E-state index is 0.0603. The van der Waals surface area contributed by atoms with Crippen LogP contribution >= 0.6 is 0 Å². The van der Waals surface area contributed by atoms with Crippen molar-refractivity contribution in [2.45, 2.75) is 19.6 Å². The summed E-state index contributed by atoms with van der Waals surface area (Å²) in [5, 5.41) is 8.03. The van der Waals surface area contributed by atoms with Crippen molar-refractivity contribution in [3.8, 4) is 11.5 Å². The standard InChI is InChI=1S/C18H17N5O4/c1-2-23-13-8-7-11(9-12(13)19-22-23)17(24)20-21-18(25)16-10-26-14-5-3-4-6-15(14)27-16/h3-9,16H,2,10H2,1H3,(H,20,24)(H,21,25)/t16-/m0/s1. The first-order chi connectivity index (χ1) is 13.2. The van der Waals surface area contributed by atoms with Gasteiger partial charge in [-0.2, -0.15) is 0 Å². The number of fused-ring (bicyclic) bond motifs is 2. The van der Waals surface area contributed by atoms with Crippen molar-refractivity contribution in [3.63, 3.8) is 0 Å². The van der Waals surface area contributed by atoms with Crippen LogP contribution in [-0.4, -0.2) is 39.5 Å². The van der Waals surface area contributed by atoms with Crippen molar-refractivity contribution in [3.05, 3.63) is 48.0 Å². The Morgan fingerprint density at radius 1 is 1.19 bits per heavy atom. The Hall–Kier alpha value is -3.62. The molecular weight excluding hydrogens is 350 g/mol. The summed E-state index contributed by atoms with van der Waals surface area (Å²) in [5.74, 6) is 0.1000. The van der Waals surface area contributed by atoms with Crippen LogP contribution in [0.25, 0.3) is 11.0 Å². The Kier molecular flexibility index (Phi) is 4.33. The minimum Gasteiger partial charge on any atom is -0.485 e. The summed E-state index contributed by atoms with van der Waals surface area (Å²) in [6.45, 7) is 2.70. The van der Waals surface area contributed by atoms with Gasteiger partial charge in [-0.25, -0.2) is 4.68 Å². The van der Waals surface area contributed by atoms with E-state index in [1.807, 2.05) is 13.0 Å². The molecule has 9 nitrogen and oxygen atoms in total. The predicted molar refractivity (Wildman–Crippen MR) is 95.2 cm³/mol. The van der Waals surface area contributed by atoms with Crippen molar-refractivity contribution in [2.24, 2.45) is 0 Å². The van der Waals surface area contributed by atoms with E-state index in [1.165, 1.54) is 0 Å². The number of aromatic nitrogens is 3. The summed E-state index contributed by atoms with van der Waals surface area (Å²) in [7, 11) is 0. The molecule has 0 radical (unpaired) electrons. The largest absolute Gasteiger partial charge is 0.485 e. The molecule has 2 heterocycles. The first-order valence-corrected chi connectivity index (χ1v) is 8.47. The highest BCUT2D eigenvalue weighted by atomic mass is 16.6. The number of amides is 2. The molecule has 2 N–H and O–H groups in total. The van der Waals surface area contributed by atoms with Gasteiger partial charge in [0.1, 0.15) is 12.1 Å². The average molecular weight is 367 g/mol. The van der Waals surface area contributed by atoms with Crippen LogP contribution in [0.4, 0.5) is 0 Å². The Bertz CT molecular complexity index is 1020. The van der Waals surface area contributed by atoms with Gasteiger partial charge in [0.05, 0.1) is 5.52 Å². The van der Waals surface area contributed by atoms with Crippen LogP contribution in [0.2, 0.25) is 0 Å². The first kappa shape index (κ1) is 16.8. The van der Waals surface area contributed by atoms with Crippen molar-refractivity contribution in [1.29, 1.82) is 0 Å². The maximum Gasteiger partial charge on any atom is 0.283 e. The number of carbonyl (C=O) groups is 2. The second-order valence-electron chi connectivity index (χ2n) is 5.92. The summed E-state index contributed by atoms with van der Waals surface area (Å²) < 4.78 is 12.8. The summed E-state index contributed by atoms with van der Waals surface area (Å²) >= 11 is 0. The Morgan fingerprint density at radius 2 is 2.00 bits per heavy atom. The van der Waals surface area contributed by atoms with Gasteiger partial charge in [0, 0.05) is 12.1 Å². The zero-order chi connectivity index (χ0) is 18.8. The molecule has 0 spiro atoms. The van der Waals surface area contributed by atoms with Crippen LogP contribution in [-0.2, 0) is 11.3 Å². The second kappa shape index (κ2) is 6.94. The maximum absolute atomic E-state index is 12.3. The number of hydrogen-bond acceptors (Lipinski definition) is 6. The van der Waals surface area contributed by atoms with Crippen LogP contribution < -0.4 is 20.3 Å². The summed E-state index contributed by atoms with van der Waals surface area (Å²) in [4.78, 5) is 24.5. The molecule has 2 aromatic carbocycles. The molecule has 0 bridgehead atoms. The van der Waals surface area contributed by atoms with E-state index in [1.54, 1.807) is 41.1 Å². The molecular formula is C18H17N5O4. The maximum atomic E-state index is 12.3. The number of hydrazine groups is 1. The van der Waals surface area contributed by atoms with Gasteiger partial charge >= 0.3 is 0 Å². The fraction of sp³-hybridized carbons (Fsp3) is 0.222. The molecule has 1 atom stereocenters. The van der Waals surface area contributed by atoms with Gasteiger partial charge in [0.25, 0.3) is 11.8 Å². The molecule has 138 valence electrons. The SMILES string of the molecule is CCn1nnc2cc(C(=O)NNC(=O)[C@@H]3COc4ccccc4O3)ccc21. The Morgan fingerprint density at radius 3 is 2.81 bits per heavy atom. The number of nitrogens with zero attached hydrogens (tertiary/aromatic N) is 3. The van der Waals surface area contributed by atoms with E-state index < -0.39 is 17.9 Å². The molecule has 27 heavy (non-hydrogen) atoms. The van der Waals surface area contributed by atoms with Crippen molar-refractivity contribution < 1.29 is 19.1 Å². The molecule has 0 unspecified atom stereocenters. The second-order valence-corrected chi connectivity index (χ2v) is 5.92. The van der Waals surface area contributed by atoms with Crippen molar-refractivity contribution >= 4 is 22.8 Å². The summed E-state index contributed by atoms with van der Waals surface area (Å²) in [6, 6.07) is 12.1. The lowest BCUT2D eigenvalue weighted by atomic mass is 10.2. The van der Waals surface area contributed by atoms with E-state index in [2.05, 4.69) is 21.2 Å². The summed E-state index contributed by atoms with van der Waals surface area (Å²) in [6.07, 6.45) is -0.855. The van der Waals surface area contributed by atoms with E-state index in [-0.39, 0.29) is 6.61 Å². The van der Waals surface area contributed by atoms with Crippen LogP contribution in [0.3, 0.4) is 0 Å². The predicted octanol–water partition coefficient (Wildman–Crippen LogP) is 1.05. The fourth-order valence-corrected chi connectivity index (χ4v) is 2.77. The highest BCUT2D eigenvalue weighted by Crippen LogP contribution is 2.30. The van der Waals surface area contributed by atoms with Gasteiger partial charge in [-0.3, -0.25) is 20.4 Å². The van der Waals surface area contributed by atoms with Crippen LogP contribution in [0, 0.1) is 0 Å². The Balaban J connectivity index is 1.38. The number of benzene rings is 2. The molecule has 9 heteroatoms. The molecule has 1 aromatic heterocycles. The zero-order valence-corrected chi connectivity index (χ0v) is 14.5. The fourth-order valence-electron chi connectivity index (χ4n) is 2.77. The van der Waals surface area contributed by atoms with Crippen molar-refractivity contribution in [1.82, 2.24) is 25.8 Å². The van der Waals surface area contributed by atoms with E-state index in [9.17, 15) is 9.59 Å². The third-order valence-corrected chi connectivity index (χ3v) is 4.18. The molecule has 0 fully saturated rings. The Labute approximate surface area is 154 Å². The molecule has 0 aliphatic carbocycles. The number of para-hydroxylation sites is 2. The number of ether oxygens (including phenoxy) is 2. The third kappa shape index (κ3) is 3.26. The van der Waals surface area contributed by atoms with Gasteiger partial charge in [-0.15, -0.1) is 5.10 Å². The number of rotatable bonds is 3. The topological polar surface area (TPSA) is 107 Å².